The normalized spacial score (nSPS) is 10.6. The minimum Gasteiger partial charge on any atom is -0.496 e. The van der Waals surface area contributed by atoms with Gasteiger partial charge >= 0.3 is 5.97 Å². The third-order valence-electron chi connectivity index (χ3n) is 3.30. The number of aryl methyl sites for hydroxylation is 3. The quantitative estimate of drug-likeness (QED) is 0.930. The second-order valence-electron chi connectivity index (χ2n) is 4.80. The molecule has 0 bridgehead atoms. The molecule has 106 valence electrons. The van der Waals surface area contributed by atoms with Gasteiger partial charge in [-0.2, -0.15) is 0 Å². The van der Waals surface area contributed by atoms with E-state index < -0.39 is 5.97 Å². The average Bonchev–Trinajstić information content (AvgIpc) is 2.64. The van der Waals surface area contributed by atoms with Crippen molar-refractivity contribution in [3.05, 3.63) is 46.5 Å². The number of benzene rings is 1. The molecule has 1 aromatic heterocycles. The Morgan fingerprint density at radius 1 is 1.35 bits per heavy atom. The van der Waals surface area contributed by atoms with Gasteiger partial charge in [0.15, 0.2) is 5.69 Å². The van der Waals surface area contributed by atoms with Gasteiger partial charge in [-0.25, -0.2) is 9.78 Å². The predicted octanol–water partition coefficient (Wildman–Crippen LogP) is 2.56. The van der Waals surface area contributed by atoms with Crippen LogP contribution in [-0.4, -0.2) is 27.7 Å². The van der Waals surface area contributed by atoms with E-state index in [1.165, 1.54) is 0 Å². The smallest absolute Gasteiger partial charge is 0.354 e. The van der Waals surface area contributed by atoms with E-state index in [0.717, 1.165) is 16.9 Å². The summed E-state index contributed by atoms with van der Waals surface area (Å²) in [5, 5.41) is 9.33. The van der Waals surface area contributed by atoms with Crippen molar-refractivity contribution in [3.63, 3.8) is 0 Å². The summed E-state index contributed by atoms with van der Waals surface area (Å²) in [5.74, 6) is 0.468. The number of hydrogen-bond donors (Lipinski definition) is 1. The summed E-state index contributed by atoms with van der Waals surface area (Å²) in [4.78, 5) is 15.6. The summed E-state index contributed by atoms with van der Waals surface area (Å²) in [6.07, 6.45) is 0. The lowest BCUT2D eigenvalue weighted by Crippen LogP contribution is -2.12. The highest BCUT2D eigenvalue weighted by Crippen LogP contribution is 2.23. The number of carboxylic acid groups (broad SMARTS) is 1. The number of imidazole rings is 1. The molecule has 1 aromatic carbocycles. The molecule has 2 rings (SSSR count). The Balaban J connectivity index is 2.50. The first-order chi connectivity index (χ1) is 9.43. The van der Waals surface area contributed by atoms with Crippen molar-refractivity contribution >= 4 is 5.97 Å². The Kier molecular flexibility index (Phi) is 3.79. The molecule has 20 heavy (non-hydrogen) atoms. The third-order valence-corrected chi connectivity index (χ3v) is 3.30. The number of rotatable bonds is 4. The van der Waals surface area contributed by atoms with Crippen LogP contribution in [0.1, 0.15) is 33.1 Å². The molecule has 0 aliphatic carbocycles. The molecule has 1 N–H and O–H groups in total. The maximum atomic E-state index is 11.4. The summed E-state index contributed by atoms with van der Waals surface area (Å²) < 4.78 is 7.04. The maximum Gasteiger partial charge on any atom is 0.354 e. The van der Waals surface area contributed by atoms with Gasteiger partial charge in [-0.05, 0) is 26.8 Å². The molecule has 0 saturated heterocycles. The van der Waals surface area contributed by atoms with E-state index in [1.54, 1.807) is 18.6 Å². The van der Waals surface area contributed by atoms with Gasteiger partial charge in [-0.1, -0.05) is 17.7 Å². The van der Waals surface area contributed by atoms with Crippen molar-refractivity contribution in [2.24, 2.45) is 0 Å². The Hall–Kier alpha value is -2.30. The van der Waals surface area contributed by atoms with E-state index >= 15 is 0 Å². The number of aromatic carboxylic acids is 1. The van der Waals surface area contributed by atoms with Crippen LogP contribution in [0.2, 0.25) is 0 Å². The lowest BCUT2D eigenvalue weighted by Gasteiger charge is -2.13. The van der Waals surface area contributed by atoms with E-state index in [1.807, 2.05) is 32.0 Å². The fourth-order valence-corrected chi connectivity index (χ4v) is 2.38. The van der Waals surface area contributed by atoms with Gasteiger partial charge in [-0.3, -0.25) is 0 Å². The van der Waals surface area contributed by atoms with Crippen LogP contribution in [0.4, 0.5) is 0 Å². The van der Waals surface area contributed by atoms with Crippen LogP contribution in [0.5, 0.6) is 5.75 Å². The fourth-order valence-electron chi connectivity index (χ4n) is 2.38. The van der Waals surface area contributed by atoms with Crippen molar-refractivity contribution in [1.29, 1.82) is 0 Å². The van der Waals surface area contributed by atoms with Crippen LogP contribution in [0, 0.1) is 20.8 Å². The lowest BCUT2D eigenvalue weighted by atomic mass is 10.1. The molecule has 0 radical (unpaired) electrons. The number of ether oxygens (including phenoxy) is 1. The maximum absolute atomic E-state index is 11.4. The number of carboxylic acids is 1. The first-order valence-corrected chi connectivity index (χ1v) is 6.34. The highest BCUT2D eigenvalue weighted by atomic mass is 16.5. The van der Waals surface area contributed by atoms with Crippen LogP contribution in [0.25, 0.3) is 0 Å². The highest BCUT2D eigenvalue weighted by molar-refractivity contribution is 5.87. The van der Waals surface area contributed by atoms with E-state index in [9.17, 15) is 9.90 Å². The van der Waals surface area contributed by atoms with Crippen LogP contribution in [-0.2, 0) is 6.54 Å². The molecule has 2 aromatic rings. The molecule has 5 nitrogen and oxygen atoms in total. The zero-order chi connectivity index (χ0) is 14.9. The molecule has 0 spiro atoms. The van der Waals surface area contributed by atoms with Gasteiger partial charge in [0.2, 0.25) is 0 Å². The first kappa shape index (κ1) is 14.1. The van der Waals surface area contributed by atoms with Crippen molar-refractivity contribution in [1.82, 2.24) is 9.55 Å². The van der Waals surface area contributed by atoms with Gasteiger partial charge in [0.25, 0.3) is 0 Å². The summed E-state index contributed by atoms with van der Waals surface area (Å²) >= 11 is 0. The van der Waals surface area contributed by atoms with Gasteiger partial charge in [-0.15, -0.1) is 0 Å². The van der Waals surface area contributed by atoms with Crippen LogP contribution in [0.15, 0.2) is 18.2 Å². The molecular formula is C15H18N2O3. The molecule has 0 unspecified atom stereocenters. The zero-order valence-electron chi connectivity index (χ0n) is 12.1. The number of carbonyl (C=O) groups is 1. The number of methoxy groups -OCH3 is 1. The Labute approximate surface area is 117 Å². The van der Waals surface area contributed by atoms with Crippen LogP contribution in [0.3, 0.4) is 0 Å². The largest absolute Gasteiger partial charge is 0.496 e. The molecule has 0 saturated carbocycles. The second kappa shape index (κ2) is 5.36. The molecule has 0 aliphatic rings. The molecule has 1 heterocycles. The SMILES string of the molecule is COc1ccc(C)cc1Cn1c(C)nc(C)c1C(=O)O. The van der Waals surface area contributed by atoms with E-state index in [4.69, 9.17) is 4.74 Å². The summed E-state index contributed by atoms with van der Waals surface area (Å²) in [5.41, 5.74) is 2.80. The molecule has 0 amide bonds. The van der Waals surface area contributed by atoms with Crippen molar-refractivity contribution < 1.29 is 14.6 Å². The molecule has 0 atom stereocenters. The first-order valence-electron chi connectivity index (χ1n) is 6.34. The summed E-state index contributed by atoms with van der Waals surface area (Å²) in [6, 6.07) is 5.86. The average molecular weight is 274 g/mol. The second-order valence-corrected chi connectivity index (χ2v) is 4.80. The number of hydrogen-bond acceptors (Lipinski definition) is 3. The van der Waals surface area contributed by atoms with E-state index in [2.05, 4.69) is 4.98 Å². The van der Waals surface area contributed by atoms with Gasteiger partial charge < -0.3 is 14.4 Å². The third kappa shape index (κ3) is 2.52. The minimum absolute atomic E-state index is 0.228. The van der Waals surface area contributed by atoms with Gasteiger partial charge in [0.1, 0.15) is 11.6 Å². The Morgan fingerprint density at radius 3 is 2.65 bits per heavy atom. The van der Waals surface area contributed by atoms with Crippen molar-refractivity contribution in [3.8, 4) is 5.75 Å². The molecular weight excluding hydrogens is 256 g/mol. The number of nitrogens with zero attached hydrogens (tertiary/aromatic N) is 2. The molecule has 0 fully saturated rings. The predicted molar refractivity (Wildman–Crippen MR) is 75.5 cm³/mol. The van der Waals surface area contributed by atoms with Crippen molar-refractivity contribution in [2.45, 2.75) is 27.3 Å². The van der Waals surface area contributed by atoms with Gasteiger partial charge in [0, 0.05) is 5.56 Å². The van der Waals surface area contributed by atoms with Gasteiger partial charge in [0.05, 0.1) is 19.3 Å². The molecule has 0 aliphatic heterocycles. The lowest BCUT2D eigenvalue weighted by molar-refractivity contribution is 0.0684. The monoisotopic (exact) mass is 274 g/mol. The standard InChI is InChI=1S/C15H18N2O3/c1-9-5-6-13(20-4)12(7-9)8-17-11(3)16-10(2)14(17)15(18)19/h5-7H,8H2,1-4H3,(H,18,19). The van der Waals surface area contributed by atoms with E-state index in [0.29, 0.717) is 18.1 Å². The summed E-state index contributed by atoms with van der Waals surface area (Å²) in [6.45, 7) is 5.94. The number of aromatic nitrogens is 2. The Morgan fingerprint density at radius 2 is 2.05 bits per heavy atom. The molecule has 5 heteroatoms. The topological polar surface area (TPSA) is 64.4 Å². The highest BCUT2D eigenvalue weighted by Gasteiger charge is 2.19. The Bertz CT molecular complexity index is 659. The summed E-state index contributed by atoms with van der Waals surface area (Å²) in [7, 11) is 1.61. The minimum atomic E-state index is -0.963. The zero-order valence-corrected chi connectivity index (χ0v) is 12.1. The van der Waals surface area contributed by atoms with E-state index in [-0.39, 0.29) is 5.69 Å². The van der Waals surface area contributed by atoms with Crippen molar-refractivity contribution in [2.75, 3.05) is 7.11 Å². The van der Waals surface area contributed by atoms with Crippen LogP contribution < -0.4 is 4.74 Å². The van der Waals surface area contributed by atoms with Crippen LogP contribution >= 0.6 is 0 Å². The fraction of sp³-hybridized carbons (Fsp3) is 0.333.